The monoisotopic (exact) mass is 285 g/mol. The summed E-state index contributed by atoms with van der Waals surface area (Å²) in [6.45, 7) is 7.23. The lowest BCUT2D eigenvalue weighted by atomic mass is 9.82. The van der Waals surface area contributed by atoms with Gasteiger partial charge < -0.3 is 15.5 Å². The highest BCUT2D eigenvalue weighted by Gasteiger charge is 2.25. The zero-order valence-corrected chi connectivity index (χ0v) is 12.8. The highest BCUT2D eigenvalue weighted by molar-refractivity contribution is 5.40. The highest BCUT2D eigenvalue weighted by atomic mass is 16.3. The Bertz CT molecular complexity index is 588. The van der Waals surface area contributed by atoms with E-state index in [0.717, 1.165) is 5.56 Å². The van der Waals surface area contributed by atoms with Gasteiger partial charge in [-0.25, -0.2) is 0 Å². The van der Waals surface area contributed by atoms with Crippen molar-refractivity contribution in [3.05, 3.63) is 59.7 Å². The second-order valence-corrected chi connectivity index (χ2v) is 6.41. The highest BCUT2D eigenvalue weighted by Crippen LogP contribution is 2.33. The van der Waals surface area contributed by atoms with Gasteiger partial charge >= 0.3 is 0 Å². The van der Waals surface area contributed by atoms with E-state index in [1.54, 1.807) is 6.07 Å². The normalized spacial score (nSPS) is 13.1. The SMILES string of the molecule is CC(C)(C)C(NCc1ccc(O)c(O)c1)c1ccccc1. The first kappa shape index (κ1) is 15.4. The third-order valence-electron chi connectivity index (χ3n) is 3.55. The second-order valence-electron chi connectivity index (χ2n) is 6.41. The largest absolute Gasteiger partial charge is 0.504 e. The van der Waals surface area contributed by atoms with Gasteiger partial charge in [0.05, 0.1) is 0 Å². The Morgan fingerprint density at radius 1 is 0.952 bits per heavy atom. The Balaban J connectivity index is 2.15. The molecule has 2 aromatic carbocycles. The van der Waals surface area contributed by atoms with Gasteiger partial charge in [0, 0.05) is 12.6 Å². The van der Waals surface area contributed by atoms with Crippen LogP contribution in [0.25, 0.3) is 0 Å². The van der Waals surface area contributed by atoms with Gasteiger partial charge in [-0.3, -0.25) is 0 Å². The average Bonchev–Trinajstić information content (AvgIpc) is 2.43. The summed E-state index contributed by atoms with van der Waals surface area (Å²) >= 11 is 0. The number of nitrogens with one attached hydrogen (secondary N) is 1. The van der Waals surface area contributed by atoms with Crippen LogP contribution in [0.2, 0.25) is 0 Å². The van der Waals surface area contributed by atoms with Gasteiger partial charge in [-0.1, -0.05) is 57.2 Å². The summed E-state index contributed by atoms with van der Waals surface area (Å²) in [6, 6.07) is 15.5. The van der Waals surface area contributed by atoms with E-state index in [1.807, 2.05) is 24.3 Å². The molecular formula is C18H23NO2. The lowest BCUT2D eigenvalue weighted by Crippen LogP contribution is -2.32. The molecule has 0 heterocycles. The van der Waals surface area contributed by atoms with E-state index in [1.165, 1.54) is 11.6 Å². The molecule has 3 nitrogen and oxygen atoms in total. The van der Waals surface area contributed by atoms with E-state index in [4.69, 9.17) is 0 Å². The van der Waals surface area contributed by atoms with Gasteiger partial charge in [0.15, 0.2) is 11.5 Å². The van der Waals surface area contributed by atoms with Gasteiger partial charge in [-0.15, -0.1) is 0 Å². The summed E-state index contributed by atoms with van der Waals surface area (Å²) in [5.41, 5.74) is 2.25. The standard InChI is InChI=1S/C18H23NO2/c1-18(2,3)17(14-7-5-4-6-8-14)19-12-13-9-10-15(20)16(21)11-13/h4-11,17,19-21H,12H2,1-3H3. The van der Waals surface area contributed by atoms with Crippen LogP contribution in [-0.4, -0.2) is 10.2 Å². The minimum Gasteiger partial charge on any atom is -0.504 e. The number of benzene rings is 2. The van der Waals surface area contributed by atoms with Crippen molar-refractivity contribution >= 4 is 0 Å². The lowest BCUT2D eigenvalue weighted by molar-refractivity contribution is 0.271. The topological polar surface area (TPSA) is 52.5 Å². The van der Waals surface area contributed by atoms with Crippen LogP contribution < -0.4 is 5.32 Å². The molecule has 0 saturated carbocycles. The van der Waals surface area contributed by atoms with Gasteiger partial charge in [0.2, 0.25) is 0 Å². The molecule has 0 fully saturated rings. The first-order chi connectivity index (χ1) is 9.88. The van der Waals surface area contributed by atoms with Crippen LogP contribution in [0.5, 0.6) is 11.5 Å². The third kappa shape index (κ3) is 3.99. The van der Waals surface area contributed by atoms with E-state index in [0.29, 0.717) is 6.54 Å². The number of phenolic OH excluding ortho intramolecular Hbond substituents is 2. The Hall–Kier alpha value is -2.00. The Morgan fingerprint density at radius 2 is 1.62 bits per heavy atom. The molecule has 21 heavy (non-hydrogen) atoms. The summed E-state index contributed by atoms with van der Waals surface area (Å²) < 4.78 is 0. The van der Waals surface area contributed by atoms with Gasteiger partial charge in [0.25, 0.3) is 0 Å². The Labute approximate surface area is 126 Å². The van der Waals surface area contributed by atoms with Crippen LogP contribution in [0, 0.1) is 5.41 Å². The fraction of sp³-hybridized carbons (Fsp3) is 0.333. The summed E-state index contributed by atoms with van der Waals surface area (Å²) in [5.74, 6) is -0.171. The van der Waals surface area contributed by atoms with Crippen molar-refractivity contribution < 1.29 is 10.2 Å². The molecule has 1 atom stereocenters. The predicted molar refractivity (Wildman–Crippen MR) is 85.2 cm³/mol. The lowest BCUT2D eigenvalue weighted by Gasteiger charge is -2.32. The molecule has 0 aliphatic heterocycles. The minimum absolute atomic E-state index is 0.0698. The zero-order chi connectivity index (χ0) is 15.5. The van der Waals surface area contributed by atoms with Crippen molar-refractivity contribution in [2.24, 2.45) is 5.41 Å². The summed E-state index contributed by atoms with van der Waals surface area (Å²) in [7, 11) is 0. The molecule has 0 aromatic heterocycles. The molecule has 0 saturated heterocycles. The van der Waals surface area contributed by atoms with E-state index in [-0.39, 0.29) is 23.0 Å². The van der Waals surface area contributed by atoms with Crippen LogP contribution in [0.15, 0.2) is 48.5 Å². The van der Waals surface area contributed by atoms with Crippen LogP contribution in [0.4, 0.5) is 0 Å². The predicted octanol–water partition coefficient (Wildman–Crippen LogP) is 3.97. The molecule has 112 valence electrons. The third-order valence-corrected chi connectivity index (χ3v) is 3.55. The zero-order valence-electron chi connectivity index (χ0n) is 12.8. The van der Waals surface area contributed by atoms with Crippen molar-refractivity contribution in [3.63, 3.8) is 0 Å². The molecule has 3 heteroatoms. The minimum atomic E-state index is -0.0887. The van der Waals surface area contributed by atoms with Crippen LogP contribution >= 0.6 is 0 Å². The van der Waals surface area contributed by atoms with E-state index in [2.05, 4.69) is 38.2 Å². The number of rotatable bonds is 4. The average molecular weight is 285 g/mol. The van der Waals surface area contributed by atoms with Crippen molar-refractivity contribution in [1.29, 1.82) is 0 Å². The van der Waals surface area contributed by atoms with Crippen molar-refractivity contribution in [1.82, 2.24) is 5.32 Å². The van der Waals surface area contributed by atoms with Crippen LogP contribution in [0.3, 0.4) is 0 Å². The molecule has 1 unspecified atom stereocenters. The van der Waals surface area contributed by atoms with Crippen molar-refractivity contribution in [2.75, 3.05) is 0 Å². The second kappa shape index (κ2) is 6.19. The molecule has 0 radical (unpaired) electrons. The Morgan fingerprint density at radius 3 is 2.19 bits per heavy atom. The number of hydrogen-bond donors (Lipinski definition) is 3. The van der Waals surface area contributed by atoms with E-state index < -0.39 is 0 Å². The van der Waals surface area contributed by atoms with E-state index >= 15 is 0 Å². The maximum atomic E-state index is 9.56. The quantitative estimate of drug-likeness (QED) is 0.745. The van der Waals surface area contributed by atoms with Crippen molar-refractivity contribution in [2.45, 2.75) is 33.4 Å². The molecule has 0 bridgehead atoms. The fourth-order valence-electron chi connectivity index (χ4n) is 2.47. The maximum absolute atomic E-state index is 9.56. The molecule has 0 aliphatic rings. The van der Waals surface area contributed by atoms with Crippen LogP contribution in [0.1, 0.15) is 37.9 Å². The fourth-order valence-corrected chi connectivity index (χ4v) is 2.47. The number of aromatic hydroxyl groups is 2. The van der Waals surface area contributed by atoms with Gasteiger partial charge in [0.1, 0.15) is 0 Å². The molecular weight excluding hydrogens is 262 g/mol. The number of hydrogen-bond acceptors (Lipinski definition) is 3. The number of phenols is 2. The van der Waals surface area contributed by atoms with E-state index in [9.17, 15) is 10.2 Å². The van der Waals surface area contributed by atoms with Gasteiger partial charge in [-0.2, -0.15) is 0 Å². The Kier molecular flexibility index (Phi) is 4.53. The smallest absolute Gasteiger partial charge is 0.157 e. The molecule has 0 amide bonds. The first-order valence-electron chi connectivity index (χ1n) is 7.17. The molecule has 2 aromatic rings. The van der Waals surface area contributed by atoms with Crippen LogP contribution in [-0.2, 0) is 6.54 Å². The van der Waals surface area contributed by atoms with Gasteiger partial charge in [-0.05, 0) is 28.7 Å². The summed E-state index contributed by atoms with van der Waals surface area (Å²) in [4.78, 5) is 0. The first-order valence-corrected chi connectivity index (χ1v) is 7.17. The molecule has 0 spiro atoms. The molecule has 2 rings (SSSR count). The molecule has 0 aliphatic carbocycles. The maximum Gasteiger partial charge on any atom is 0.157 e. The summed E-state index contributed by atoms with van der Waals surface area (Å²) in [6.07, 6.45) is 0. The van der Waals surface area contributed by atoms with Crippen molar-refractivity contribution in [3.8, 4) is 11.5 Å². The molecule has 3 N–H and O–H groups in total. The summed E-state index contributed by atoms with van der Waals surface area (Å²) in [5, 5.41) is 22.5.